The van der Waals surface area contributed by atoms with Crippen LogP contribution in [-0.2, 0) is 4.79 Å². The third-order valence-electron chi connectivity index (χ3n) is 5.87. The Bertz CT molecular complexity index is 1150. The topological polar surface area (TPSA) is 109 Å². The fraction of sp³-hybridized carbons (Fsp3) is 0.320. The number of rotatable bonds is 8. The summed E-state index contributed by atoms with van der Waals surface area (Å²) >= 11 is 0. The van der Waals surface area contributed by atoms with Crippen LogP contribution in [-0.4, -0.2) is 32.8 Å². The van der Waals surface area contributed by atoms with E-state index < -0.39 is 11.9 Å². The van der Waals surface area contributed by atoms with Gasteiger partial charge < -0.3 is 16.0 Å². The van der Waals surface area contributed by atoms with E-state index in [2.05, 4.69) is 30.9 Å². The molecular formula is C25H27FN6O2. The van der Waals surface area contributed by atoms with Gasteiger partial charge in [0.05, 0.1) is 30.0 Å². The van der Waals surface area contributed by atoms with Gasteiger partial charge >= 0.3 is 0 Å². The van der Waals surface area contributed by atoms with Crippen LogP contribution in [0.2, 0.25) is 0 Å². The van der Waals surface area contributed by atoms with E-state index in [9.17, 15) is 14.0 Å². The second-order valence-corrected chi connectivity index (χ2v) is 8.51. The highest BCUT2D eigenvalue weighted by Gasteiger charge is 2.27. The van der Waals surface area contributed by atoms with E-state index in [0.717, 1.165) is 37.6 Å². The highest BCUT2D eigenvalue weighted by molar-refractivity contribution is 6.01. The summed E-state index contributed by atoms with van der Waals surface area (Å²) < 4.78 is 13.9. The monoisotopic (exact) mass is 462 g/mol. The Hall–Kier alpha value is -3.88. The van der Waals surface area contributed by atoms with E-state index in [1.807, 2.05) is 6.92 Å². The molecule has 0 saturated heterocycles. The molecule has 9 heteroatoms. The second-order valence-electron chi connectivity index (χ2n) is 8.51. The highest BCUT2D eigenvalue weighted by Crippen LogP contribution is 2.29. The maximum Gasteiger partial charge on any atom is 0.252 e. The minimum Gasteiger partial charge on any atom is -0.353 e. The molecule has 1 aliphatic rings. The first-order valence-corrected chi connectivity index (χ1v) is 11.3. The molecule has 2 amide bonds. The first-order valence-electron chi connectivity index (χ1n) is 11.3. The zero-order chi connectivity index (χ0) is 23.9. The predicted molar refractivity (Wildman–Crippen MR) is 127 cm³/mol. The van der Waals surface area contributed by atoms with Crippen molar-refractivity contribution >= 4 is 29.0 Å². The normalized spacial score (nSPS) is 14.4. The van der Waals surface area contributed by atoms with E-state index in [1.165, 1.54) is 18.5 Å². The number of anilines is 3. The van der Waals surface area contributed by atoms with Crippen LogP contribution in [0.4, 0.5) is 21.6 Å². The van der Waals surface area contributed by atoms with Gasteiger partial charge in [0.25, 0.3) is 5.91 Å². The summed E-state index contributed by atoms with van der Waals surface area (Å²) in [5.74, 6) is -0.488. The summed E-state index contributed by atoms with van der Waals surface area (Å²) in [6.07, 6.45) is 10.6. The van der Waals surface area contributed by atoms with Crippen molar-refractivity contribution in [2.75, 3.05) is 10.6 Å². The van der Waals surface area contributed by atoms with Crippen molar-refractivity contribution in [3.05, 3.63) is 72.2 Å². The zero-order valence-electron chi connectivity index (χ0n) is 18.9. The number of pyridine rings is 1. The number of carbonyl (C=O) groups is 2. The molecule has 8 nitrogen and oxygen atoms in total. The summed E-state index contributed by atoms with van der Waals surface area (Å²) in [5, 5.41) is 8.60. The van der Waals surface area contributed by atoms with Gasteiger partial charge in [0.2, 0.25) is 5.91 Å². The van der Waals surface area contributed by atoms with E-state index in [4.69, 9.17) is 0 Å². The average molecular weight is 463 g/mol. The van der Waals surface area contributed by atoms with Crippen LogP contribution in [0.1, 0.15) is 48.2 Å². The van der Waals surface area contributed by atoms with Gasteiger partial charge in [0, 0.05) is 17.4 Å². The summed E-state index contributed by atoms with van der Waals surface area (Å²) in [7, 11) is 0. The first-order chi connectivity index (χ1) is 16.5. The van der Waals surface area contributed by atoms with Crippen LogP contribution in [0.15, 0.2) is 55.1 Å². The molecule has 0 radical (unpaired) electrons. The summed E-state index contributed by atoms with van der Waals surface area (Å²) in [6, 6.07) is 7.50. The minimum atomic E-state index is -0.715. The van der Waals surface area contributed by atoms with Crippen molar-refractivity contribution in [1.29, 1.82) is 0 Å². The molecule has 0 aliphatic heterocycles. The van der Waals surface area contributed by atoms with Crippen molar-refractivity contribution < 1.29 is 14.0 Å². The van der Waals surface area contributed by atoms with E-state index >= 15 is 0 Å². The Morgan fingerprint density at radius 3 is 2.68 bits per heavy atom. The lowest BCUT2D eigenvalue weighted by atomic mass is 9.97. The van der Waals surface area contributed by atoms with E-state index in [1.54, 1.807) is 30.5 Å². The molecule has 1 aromatic carbocycles. The van der Waals surface area contributed by atoms with Crippen molar-refractivity contribution in [3.63, 3.8) is 0 Å². The Kier molecular flexibility index (Phi) is 7.41. The summed E-state index contributed by atoms with van der Waals surface area (Å²) in [6.45, 7) is 1.81. The molecule has 2 aromatic heterocycles. The number of hydrogen-bond donors (Lipinski definition) is 3. The third kappa shape index (κ3) is 6.12. The van der Waals surface area contributed by atoms with E-state index in [0.29, 0.717) is 29.4 Å². The number of nitrogens with one attached hydrogen (secondary N) is 3. The Morgan fingerprint density at radius 1 is 1.12 bits per heavy atom. The predicted octanol–water partition coefficient (Wildman–Crippen LogP) is 4.38. The average Bonchev–Trinajstić information content (AvgIpc) is 3.35. The number of halogens is 1. The molecule has 0 bridgehead atoms. The summed E-state index contributed by atoms with van der Waals surface area (Å²) in [4.78, 5) is 38.2. The number of amides is 2. The zero-order valence-corrected chi connectivity index (χ0v) is 18.9. The summed E-state index contributed by atoms with van der Waals surface area (Å²) in [5.41, 5.74) is 1.91. The molecule has 1 fully saturated rings. The van der Waals surface area contributed by atoms with E-state index in [-0.39, 0.29) is 17.5 Å². The van der Waals surface area contributed by atoms with Gasteiger partial charge in [-0.1, -0.05) is 31.7 Å². The Labute approximate surface area is 197 Å². The van der Waals surface area contributed by atoms with Gasteiger partial charge in [-0.2, -0.15) is 0 Å². The van der Waals surface area contributed by atoms with Crippen molar-refractivity contribution in [2.45, 2.75) is 45.1 Å². The van der Waals surface area contributed by atoms with Crippen LogP contribution in [0, 0.1) is 18.7 Å². The lowest BCUT2D eigenvalue weighted by Crippen LogP contribution is -2.45. The number of benzene rings is 1. The fourth-order valence-corrected chi connectivity index (χ4v) is 4.09. The third-order valence-corrected chi connectivity index (χ3v) is 5.87. The number of hydrogen-bond acceptors (Lipinski definition) is 6. The molecular weight excluding hydrogens is 435 g/mol. The van der Waals surface area contributed by atoms with Crippen molar-refractivity contribution in [2.24, 2.45) is 5.92 Å². The fourth-order valence-electron chi connectivity index (χ4n) is 4.09. The molecule has 3 N–H and O–H groups in total. The van der Waals surface area contributed by atoms with Crippen LogP contribution < -0.4 is 16.0 Å². The molecule has 1 atom stereocenters. The largest absolute Gasteiger partial charge is 0.353 e. The minimum absolute atomic E-state index is 0.255. The molecule has 34 heavy (non-hydrogen) atoms. The second kappa shape index (κ2) is 10.8. The molecule has 4 rings (SSSR count). The van der Waals surface area contributed by atoms with Gasteiger partial charge in [-0.3, -0.25) is 19.6 Å². The maximum atomic E-state index is 13.9. The van der Waals surface area contributed by atoms with Gasteiger partial charge in [0.15, 0.2) is 11.6 Å². The smallest absolute Gasteiger partial charge is 0.252 e. The SMILES string of the molecule is Cc1cnc(NC(=O)[C@H](CC2CCCC2)NC(=O)c2cccc(Nc3ccncc3F)c2)cn1. The lowest BCUT2D eigenvalue weighted by molar-refractivity contribution is -0.118. The first kappa shape index (κ1) is 23.3. The van der Waals surface area contributed by atoms with Gasteiger partial charge in [-0.05, 0) is 43.5 Å². The number of nitrogens with zero attached hydrogens (tertiary/aromatic N) is 3. The van der Waals surface area contributed by atoms with Crippen molar-refractivity contribution in [3.8, 4) is 0 Å². The van der Waals surface area contributed by atoms with Crippen LogP contribution in [0.5, 0.6) is 0 Å². The van der Waals surface area contributed by atoms with Gasteiger partial charge in [-0.25, -0.2) is 9.37 Å². The van der Waals surface area contributed by atoms with Gasteiger partial charge in [-0.15, -0.1) is 0 Å². The lowest BCUT2D eigenvalue weighted by Gasteiger charge is -2.21. The Balaban J connectivity index is 1.47. The maximum absolute atomic E-state index is 13.9. The molecule has 0 unspecified atom stereocenters. The number of aromatic nitrogens is 3. The van der Waals surface area contributed by atoms with Gasteiger partial charge in [0.1, 0.15) is 6.04 Å². The van der Waals surface area contributed by atoms with Crippen LogP contribution >= 0.6 is 0 Å². The van der Waals surface area contributed by atoms with Crippen molar-refractivity contribution in [1.82, 2.24) is 20.3 Å². The number of aryl methyl sites for hydroxylation is 1. The molecule has 3 aromatic rings. The Morgan fingerprint density at radius 2 is 1.94 bits per heavy atom. The quantitative estimate of drug-likeness (QED) is 0.458. The molecule has 1 aliphatic carbocycles. The highest BCUT2D eigenvalue weighted by atomic mass is 19.1. The molecule has 176 valence electrons. The standard InChI is InChI=1S/C25H27FN6O2/c1-16-13-29-23(15-28-16)32-25(34)22(11-17-5-2-3-6-17)31-24(33)18-7-4-8-19(12-18)30-21-9-10-27-14-20(21)26/h4,7-10,12-15,17,22H,2-3,5-6,11H2,1H3,(H,27,30)(H,31,33)(H,29,32,34)/t22-/m0/s1. The molecule has 0 spiro atoms. The van der Waals surface area contributed by atoms with Crippen LogP contribution in [0.3, 0.4) is 0 Å². The molecule has 1 saturated carbocycles. The number of carbonyl (C=O) groups excluding carboxylic acids is 2. The van der Waals surface area contributed by atoms with Crippen LogP contribution in [0.25, 0.3) is 0 Å². The molecule has 2 heterocycles.